The third kappa shape index (κ3) is 3.09. The first-order valence-corrected chi connectivity index (χ1v) is 6.85. The van der Waals surface area contributed by atoms with Gasteiger partial charge in [-0.15, -0.1) is 0 Å². The summed E-state index contributed by atoms with van der Waals surface area (Å²) in [6.07, 6.45) is -1.04. The zero-order chi connectivity index (χ0) is 15.6. The number of methoxy groups -OCH3 is 1. The first kappa shape index (κ1) is 15.2. The van der Waals surface area contributed by atoms with Crippen LogP contribution in [0.4, 0.5) is 10.5 Å². The second-order valence-corrected chi connectivity index (χ2v) is 5.07. The van der Waals surface area contributed by atoms with Crippen LogP contribution in [0.25, 0.3) is 0 Å². The minimum absolute atomic E-state index is 0.114. The van der Waals surface area contributed by atoms with Gasteiger partial charge in [0, 0.05) is 13.1 Å². The van der Waals surface area contributed by atoms with E-state index in [4.69, 9.17) is 4.74 Å². The molecular weight excluding hydrogens is 272 g/mol. The lowest BCUT2D eigenvalue weighted by Crippen LogP contribution is -2.47. The maximum Gasteiger partial charge on any atom is 0.406 e. The fourth-order valence-corrected chi connectivity index (χ4v) is 2.23. The molecule has 1 heterocycles. The quantitative estimate of drug-likeness (QED) is 0.922. The maximum atomic E-state index is 12.3. The van der Waals surface area contributed by atoms with Gasteiger partial charge in [-0.05, 0) is 44.0 Å². The Hall–Kier alpha value is -2.24. The zero-order valence-corrected chi connectivity index (χ0v) is 12.7. The van der Waals surface area contributed by atoms with Crippen LogP contribution in [0.3, 0.4) is 0 Å². The largest absolute Gasteiger partial charge is 0.479 e. The van der Waals surface area contributed by atoms with Crippen LogP contribution < -0.4 is 15.0 Å². The lowest BCUT2D eigenvalue weighted by atomic mass is 10.1. The monoisotopic (exact) mass is 292 g/mol. The highest BCUT2D eigenvalue weighted by Gasteiger charge is 2.31. The highest BCUT2D eigenvalue weighted by atomic mass is 16.5. The van der Waals surface area contributed by atoms with Crippen molar-refractivity contribution in [1.29, 1.82) is 0 Å². The summed E-state index contributed by atoms with van der Waals surface area (Å²) in [6, 6.07) is 3.88. The minimum Gasteiger partial charge on any atom is -0.479 e. The van der Waals surface area contributed by atoms with Crippen molar-refractivity contribution in [1.82, 2.24) is 5.32 Å². The summed E-state index contributed by atoms with van der Waals surface area (Å²) < 4.78 is 10.2. The van der Waals surface area contributed by atoms with E-state index in [0.717, 1.165) is 16.8 Å². The number of hydrogen-bond donors (Lipinski definition) is 1. The molecule has 0 fully saturated rings. The predicted molar refractivity (Wildman–Crippen MR) is 78.8 cm³/mol. The van der Waals surface area contributed by atoms with Gasteiger partial charge in [-0.2, -0.15) is 0 Å². The van der Waals surface area contributed by atoms with Crippen LogP contribution in [0.5, 0.6) is 5.75 Å². The van der Waals surface area contributed by atoms with Gasteiger partial charge in [-0.25, -0.2) is 4.79 Å². The van der Waals surface area contributed by atoms with Gasteiger partial charge in [0.2, 0.25) is 0 Å². The summed E-state index contributed by atoms with van der Waals surface area (Å²) >= 11 is 0. The standard InChI is InChI=1S/C15H20N2O4/c1-9-7-12-13(8-10(9)2)21-11(3)14(18)17(12)6-5-16-15(19)20-4/h7-8,11H,5-6H2,1-4H3,(H,16,19). The molecule has 21 heavy (non-hydrogen) atoms. The van der Waals surface area contributed by atoms with Gasteiger partial charge in [0.05, 0.1) is 12.8 Å². The van der Waals surface area contributed by atoms with Crippen molar-refractivity contribution in [2.75, 3.05) is 25.1 Å². The van der Waals surface area contributed by atoms with Crippen molar-refractivity contribution in [2.45, 2.75) is 26.9 Å². The second-order valence-electron chi connectivity index (χ2n) is 5.07. The molecule has 0 aliphatic carbocycles. The molecular formula is C15H20N2O4. The topological polar surface area (TPSA) is 67.9 Å². The smallest absolute Gasteiger partial charge is 0.406 e. The fourth-order valence-electron chi connectivity index (χ4n) is 2.23. The molecule has 0 bridgehead atoms. The van der Waals surface area contributed by atoms with Crippen LogP contribution in [0.1, 0.15) is 18.1 Å². The van der Waals surface area contributed by atoms with Crippen LogP contribution in [-0.2, 0) is 9.53 Å². The fraction of sp³-hybridized carbons (Fsp3) is 0.467. The minimum atomic E-state index is -0.530. The number of hydrogen-bond acceptors (Lipinski definition) is 4. The molecule has 0 spiro atoms. The Morgan fingerprint density at radius 1 is 1.38 bits per heavy atom. The van der Waals surface area contributed by atoms with Crippen molar-refractivity contribution in [2.24, 2.45) is 0 Å². The van der Waals surface area contributed by atoms with Crippen LogP contribution in [0.2, 0.25) is 0 Å². The van der Waals surface area contributed by atoms with E-state index in [-0.39, 0.29) is 5.91 Å². The molecule has 2 amide bonds. The second kappa shape index (κ2) is 6.03. The first-order chi connectivity index (χ1) is 9.93. The molecule has 1 N–H and O–H groups in total. The summed E-state index contributed by atoms with van der Waals surface area (Å²) in [4.78, 5) is 25.0. The molecule has 6 nitrogen and oxygen atoms in total. The Balaban J connectivity index is 2.22. The van der Waals surface area contributed by atoms with Crippen LogP contribution >= 0.6 is 0 Å². The van der Waals surface area contributed by atoms with Crippen molar-refractivity contribution >= 4 is 17.7 Å². The Morgan fingerprint density at radius 2 is 2.05 bits per heavy atom. The van der Waals surface area contributed by atoms with Gasteiger partial charge in [-0.1, -0.05) is 0 Å². The van der Waals surface area contributed by atoms with Crippen molar-refractivity contribution in [3.8, 4) is 5.75 Å². The highest BCUT2D eigenvalue weighted by molar-refractivity contribution is 6.00. The normalized spacial score (nSPS) is 17.0. The molecule has 6 heteroatoms. The number of aryl methyl sites for hydroxylation is 2. The molecule has 0 aromatic heterocycles. The third-order valence-corrected chi connectivity index (χ3v) is 3.57. The Labute approximate surface area is 124 Å². The van der Waals surface area contributed by atoms with E-state index in [1.165, 1.54) is 7.11 Å². The van der Waals surface area contributed by atoms with Crippen LogP contribution in [-0.4, -0.2) is 38.3 Å². The number of alkyl carbamates (subject to hydrolysis) is 1. The number of ether oxygens (including phenoxy) is 2. The lowest BCUT2D eigenvalue weighted by Gasteiger charge is -2.33. The molecule has 1 unspecified atom stereocenters. The third-order valence-electron chi connectivity index (χ3n) is 3.57. The number of nitrogens with zero attached hydrogens (tertiary/aromatic N) is 1. The van der Waals surface area contributed by atoms with Crippen LogP contribution in [0, 0.1) is 13.8 Å². The van der Waals surface area contributed by atoms with E-state index in [9.17, 15) is 9.59 Å². The van der Waals surface area contributed by atoms with Crippen LogP contribution in [0.15, 0.2) is 12.1 Å². The summed E-state index contributed by atoms with van der Waals surface area (Å²) in [5.74, 6) is 0.584. The number of rotatable bonds is 3. The van der Waals surface area contributed by atoms with Crippen molar-refractivity contribution in [3.05, 3.63) is 23.3 Å². The van der Waals surface area contributed by atoms with Crippen molar-refractivity contribution in [3.63, 3.8) is 0 Å². The van der Waals surface area contributed by atoms with E-state index in [0.29, 0.717) is 18.8 Å². The Morgan fingerprint density at radius 3 is 2.71 bits per heavy atom. The maximum absolute atomic E-state index is 12.3. The van der Waals surface area contributed by atoms with Gasteiger partial charge in [-0.3, -0.25) is 4.79 Å². The zero-order valence-electron chi connectivity index (χ0n) is 12.7. The summed E-state index contributed by atoms with van der Waals surface area (Å²) in [5, 5.41) is 2.58. The van der Waals surface area contributed by atoms with Gasteiger partial charge in [0.25, 0.3) is 5.91 Å². The lowest BCUT2D eigenvalue weighted by molar-refractivity contribution is -0.125. The average Bonchev–Trinajstić information content (AvgIpc) is 2.45. The Kier molecular flexibility index (Phi) is 4.35. The molecule has 1 atom stereocenters. The predicted octanol–water partition coefficient (Wildman–Crippen LogP) is 1.77. The Bertz CT molecular complexity index is 571. The van der Waals surface area contributed by atoms with Gasteiger partial charge < -0.3 is 19.7 Å². The summed E-state index contributed by atoms with van der Waals surface area (Å²) in [6.45, 7) is 6.40. The molecule has 1 aromatic rings. The molecule has 2 rings (SSSR count). The first-order valence-electron chi connectivity index (χ1n) is 6.85. The number of carbonyl (C=O) groups is 2. The number of amides is 2. The number of anilines is 1. The molecule has 1 aromatic carbocycles. The number of fused-ring (bicyclic) bond motifs is 1. The number of benzene rings is 1. The van der Waals surface area contributed by atoms with E-state index in [1.54, 1.807) is 11.8 Å². The molecule has 0 saturated heterocycles. The van der Waals surface area contributed by atoms with Gasteiger partial charge in [0.1, 0.15) is 5.75 Å². The summed E-state index contributed by atoms with van der Waals surface area (Å²) in [7, 11) is 1.30. The molecule has 1 aliphatic rings. The highest BCUT2D eigenvalue weighted by Crippen LogP contribution is 2.36. The van der Waals surface area contributed by atoms with E-state index in [2.05, 4.69) is 10.1 Å². The van der Waals surface area contributed by atoms with Crippen molar-refractivity contribution < 1.29 is 19.1 Å². The molecule has 0 radical (unpaired) electrons. The number of nitrogens with one attached hydrogen (secondary N) is 1. The molecule has 1 aliphatic heterocycles. The summed E-state index contributed by atoms with van der Waals surface area (Å²) in [5.41, 5.74) is 2.95. The average molecular weight is 292 g/mol. The van der Waals surface area contributed by atoms with E-state index < -0.39 is 12.2 Å². The van der Waals surface area contributed by atoms with E-state index >= 15 is 0 Å². The van der Waals surface area contributed by atoms with Gasteiger partial charge in [0.15, 0.2) is 6.10 Å². The SMILES string of the molecule is COC(=O)NCCN1C(=O)C(C)Oc2cc(C)c(C)cc21. The molecule has 0 saturated carbocycles. The number of carbonyl (C=O) groups excluding carboxylic acids is 2. The molecule has 114 valence electrons. The van der Waals surface area contributed by atoms with Gasteiger partial charge >= 0.3 is 6.09 Å². The van der Waals surface area contributed by atoms with E-state index in [1.807, 2.05) is 26.0 Å².